The van der Waals surface area contributed by atoms with Gasteiger partial charge >= 0.3 is 0 Å². The largest absolute Gasteiger partial charge is 0.275 e. The molecule has 0 spiro atoms. The lowest BCUT2D eigenvalue weighted by Crippen LogP contribution is -2.31. The number of hydrogen-bond donors (Lipinski definition) is 0. The molecule has 0 aromatic heterocycles. The van der Waals surface area contributed by atoms with Crippen molar-refractivity contribution in [3.8, 4) is 0 Å². The van der Waals surface area contributed by atoms with E-state index >= 15 is 0 Å². The van der Waals surface area contributed by atoms with E-state index in [4.69, 9.17) is 0 Å². The molecule has 0 N–H and O–H groups in total. The Labute approximate surface area is 258 Å². The molecule has 0 aliphatic carbocycles. The summed E-state index contributed by atoms with van der Waals surface area (Å²) in [4.78, 5) is 71.6. The molecule has 6 amide bonds. The zero-order valence-corrected chi connectivity index (χ0v) is 25.7. The molecule has 3 heterocycles. The number of unbranched alkanes of at least 4 members (excludes halogenated alkanes) is 5. The first-order valence-electron chi connectivity index (χ1n) is 14.8. The molecule has 9 heteroatoms. The van der Waals surface area contributed by atoms with Gasteiger partial charge in [-0.15, -0.1) is 0 Å². The lowest BCUT2D eigenvalue weighted by molar-refractivity contribution is -0.137. The number of anilines is 2. The second kappa shape index (κ2) is 16.1. The van der Waals surface area contributed by atoms with Gasteiger partial charge in [0.1, 0.15) is 0 Å². The minimum absolute atomic E-state index is 0.159. The summed E-state index contributed by atoms with van der Waals surface area (Å²) in [6.07, 6.45) is 14.9. The van der Waals surface area contributed by atoms with Crippen LogP contribution in [0.5, 0.6) is 0 Å². The molecule has 230 valence electrons. The van der Waals surface area contributed by atoms with E-state index in [2.05, 4.69) is 6.92 Å². The fourth-order valence-electron chi connectivity index (χ4n) is 5.08. The van der Waals surface area contributed by atoms with Crippen molar-refractivity contribution >= 4 is 46.8 Å². The van der Waals surface area contributed by atoms with Crippen molar-refractivity contribution in [2.75, 3.05) is 16.3 Å². The number of hydrogen-bond acceptors (Lipinski definition) is 6. The number of nitrogens with zero attached hydrogens (tertiary/aromatic N) is 3. The van der Waals surface area contributed by atoms with Crippen LogP contribution in [0.3, 0.4) is 0 Å². The van der Waals surface area contributed by atoms with Crippen LogP contribution >= 0.6 is 0 Å². The van der Waals surface area contributed by atoms with Crippen LogP contribution in [0.25, 0.3) is 0 Å². The van der Waals surface area contributed by atoms with E-state index < -0.39 is 0 Å². The predicted molar refractivity (Wildman–Crippen MR) is 170 cm³/mol. The molecule has 2 aromatic carbocycles. The highest BCUT2D eigenvalue weighted by atomic mass is 16.2. The van der Waals surface area contributed by atoms with E-state index in [1.807, 2.05) is 39.0 Å². The van der Waals surface area contributed by atoms with Gasteiger partial charge < -0.3 is 0 Å². The van der Waals surface area contributed by atoms with Crippen molar-refractivity contribution in [2.45, 2.75) is 66.2 Å². The third-order valence-electron chi connectivity index (χ3n) is 7.13. The maximum Gasteiger partial charge on any atom is 0.258 e. The maximum atomic E-state index is 11.6. The zero-order chi connectivity index (χ0) is 32.2. The van der Waals surface area contributed by atoms with E-state index in [0.29, 0.717) is 17.9 Å². The van der Waals surface area contributed by atoms with Gasteiger partial charge in [-0.05, 0) is 50.5 Å². The summed E-state index contributed by atoms with van der Waals surface area (Å²) in [5.41, 5.74) is 4.35. The number of rotatable bonds is 9. The second-order valence-electron chi connectivity index (χ2n) is 10.7. The number of amides is 6. The third-order valence-corrected chi connectivity index (χ3v) is 7.13. The van der Waals surface area contributed by atoms with Crippen molar-refractivity contribution in [3.63, 3.8) is 0 Å². The lowest BCUT2D eigenvalue weighted by Gasteiger charge is -2.19. The Hall–Kier alpha value is -4.92. The SMILES string of the molecule is CCCCCCCCN1C(=O)C=CC1=O.Cc1cc(C)c(N2C(=O)C=CC2=O)c(C)c1.O=C1C=CC(=O)N1c1ccccc1. The van der Waals surface area contributed by atoms with E-state index in [1.54, 1.807) is 24.3 Å². The zero-order valence-electron chi connectivity index (χ0n) is 25.7. The van der Waals surface area contributed by atoms with Crippen molar-refractivity contribution in [3.05, 3.63) is 95.6 Å². The average molecular weight is 598 g/mol. The maximum absolute atomic E-state index is 11.6. The topological polar surface area (TPSA) is 112 Å². The molecular formula is C35H39N3O6. The van der Waals surface area contributed by atoms with Crippen LogP contribution < -0.4 is 9.80 Å². The summed E-state index contributed by atoms with van der Waals surface area (Å²) in [5, 5.41) is 0. The molecule has 0 unspecified atom stereocenters. The van der Waals surface area contributed by atoms with Gasteiger partial charge in [0.25, 0.3) is 35.4 Å². The molecule has 0 radical (unpaired) electrons. The Kier molecular flexibility index (Phi) is 12.3. The number of para-hydroxylation sites is 1. The molecule has 0 saturated heterocycles. The summed E-state index contributed by atoms with van der Waals surface area (Å²) in [7, 11) is 0. The predicted octanol–water partition coefficient (Wildman–Crippen LogP) is 5.43. The van der Waals surface area contributed by atoms with Gasteiger partial charge in [0.05, 0.1) is 11.4 Å². The molecule has 3 aliphatic heterocycles. The molecule has 0 saturated carbocycles. The van der Waals surface area contributed by atoms with Crippen molar-refractivity contribution in [1.82, 2.24) is 4.90 Å². The molecule has 2 aromatic rings. The molecule has 44 heavy (non-hydrogen) atoms. The molecule has 0 bridgehead atoms. The highest BCUT2D eigenvalue weighted by Crippen LogP contribution is 2.28. The van der Waals surface area contributed by atoms with Crippen LogP contribution in [0.1, 0.15) is 62.1 Å². The van der Waals surface area contributed by atoms with E-state index in [-0.39, 0.29) is 35.4 Å². The van der Waals surface area contributed by atoms with Gasteiger partial charge in [0, 0.05) is 43.0 Å². The van der Waals surface area contributed by atoms with Gasteiger partial charge in [-0.2, -0.15) is 0 Å². The fourth-order valence-corrected chi connectivity index (χ4v) is 5.08. The lowest BCUT2D eigenvalue weighted by atomic mass is 10.0. The smallest absolute Gasteiger partial charge is 0.258 e. The standard InChI is InChI=1S/C13H13NO2.C12H19NO2.C10H7NO2/c1-8-6-9(2)13(10(3)7-8)14-11(15)4-5-12(14)16;1-2-3-4-5-6-7-10-13-11(14)8-9-12(13)15;12-9-6-7-10(13)11(9)8-4-2-1-3-5-8/h4-7H,1-3H3;8-9H,2-7,10H2,1H3;1-7H. The highest BCUT2D eigenvalue weighted by molar-refractivity contribution is 6.29. The van der Waals surface area contributed by atoms with Gasteiger partial charge in [0.15, 0.2) is 0 Å². The normalized spacial score (nSPS) is 15.3. The first kappa shape index (κ1) is 33.6. The monoisotopic (exact) mass is 597 g/mol. The number of carbonyl (C=O) groups excluding carboxylic acids is 6. The second-order valence-corrected chi connectivity index (χ2v) is 10.7. The Morgan fingerprint density at radius 2 is 0.955 bits per heavy atom. The van der Waals surface area contributed by atoms with Gasteiger partial charge in [-0.25, -0.2) is 9.80 Å². The quantitative estimate of drug-likeness (QED) is 0.282. The molecule has 0 atom stereocenters. The van der Waals surface area contributed by atoms with Gasteiger partial charge in [-0.1, -0.05) is 74.9 Å². The van der Waals surface area contributed by atoms with Crippen LogP contribution in [0.4, 0.5) is 11.4 Å². The Morgan fingerprint density at radius 1 is 0.523 bits per heavy atom. The van der Waals surface area contributed by atoms with Crippen LogP contribution in [0, 0.1) is 20.8 Å². The number of aryl methyl sites for hydroxylation is 3. The third kappa shape index (κ3) is 8.80. The summed E-state index contributed by atoms with van der Waals surface area (Å²) >= 11 is 0. The van der Waals surface area contributed by atoms with Crippen LogP contribution in [0.2, 0.25) is 0 Å². The Morgan fingerprint density at radius 3 is 1.45 bits per heavy atom. The van der Waals surface area contributed by atoms with Crippen LogP contribution in [-0.4, -0.2) is 46.9 Å². The molecular weight excluding hydrogens is 558 g/mol. The van der Waals surface area contributed by atoms with Crippen molar-refractivity contribution in [1.29, 1.82) is 0 Å². The summed E-state index contributed by atoms with van der Waals surface area (Å²) < 4.78 is 0. The molecule has 3 aliphatic rings. The van der Waals surface area contributed by atoms with Gasteiger partial charge in [-0.3, -0.25) is 33.7 Å². The minimum atomic E-state index is -0.281. The van der Waals surface area contributed by atoms with Gasteiger partial charge in [0.2, 0.25) is 0 Å². The summed E-state index contributed by atoms with van der Waals surface area (Å²) in [6.45, 7) is 8.59. The van der Waals surface area contributed by atoms with E-state index in [1.165, 1.54) is 71.9 Å². The molecule has 9 nitrogen and oxygen atoms in total. The number of benzene rings is 2. The van der Waals surface area contributed by atoms with E-state index in [0.717, 1.165) is 34.4 Å². The first-order chi connectivity index (χ1) is 21.0. The summed E-state index contributed by atoms with van der Waals surface area (Å²) in [6, 6.07) is 12.8. The number of imide groups is 3. The summed E-state index contributed by atoms with van der Waals surface area (Å²) in [5.74, 6) is -1.41. The average Bonchev–Trinajstić information content (AvgIpc) is 3.62. The van der Waals surface area contributed by atoms with Crippen molar-refractivity contribution < 1.29 is 28.8 Å². The van der Waals surface area contributed by atoms with Crippen LogP contribution in [-0.2, 0) is 28.8 Å². The highest BCUT2D eigenvalue weighted by Gasteiger charge is 2.28. The Bertz CT molecular complexity index is 1430. The first-order valence-corrected chi connectivity index (χ1v) is 14.8. The minimum Gasteiger partial charge on any atom is -0.275 e. The molecule has 5 rings (SSSR count). The number of carbonyl (C=O) groups is 6. The van der Waals surface area contributed by atoms with E-state index in [9.17, 15) is 28.8 Å². The van der Waals surface area contributed by atoms with Crippen LogP contribution in [0.15, 0.2) is 78.9 Å². The Balaban J connectivity index is 0.000000181. The fraction of sp³-hybridized carbons (Fsp3) is 0.314. The molecule has 0 fully saturated rings. The van der Waals surface area contributed by atoms with Crippen molar-refractivity contribution in [2.24, 2.45) is 0 Å².